The van der Waals surface area contributed by atoms with Crippen LogP contribution in [0.2, 0.25) is 0 Å². The van der Waals surface area contributed by atoms with Crippen molar-refractivity contribution in [3.8, 4) is 11.5 Å². The average Bonchev–Trinajstić information content (AvgIpc) is 2.73. The Balaban J connectivity index is 1.53. The third kappa shape index (κ3) is 9.02. The molecule has 0 heterocycles. The molecule has 0 aromatic heterocycles. The van der Waals surface area contributed by atoms with Gasteiger partial charge in [0.1, 0.15) is 11.5 Å². The summed E-state index contributed by atoms with van der Waals surface area (Å²) in [6, 6.07) is 10.3. The molecule has 0 atom stereocenters. The van der Waals surface area contributed by atoms with Gasteiger partial charge in [-0.25, -0.2) is 9.59 Å². The first kappa shape index (κ1) is 24.1. The van der Waals surface area contributed by atoms with Crippen LogP contribution in [-0.4, -0.2) is 45.2 Å². The standard InChI is InChI=1S/C18H16N2O9S2/c21-17(28-15-5-1-13(2-6-15)19(23)24)30-11-9-27-10-12-31-18(22)29-16-7-3-14(4-8-16)20(25)26/h1-8H,9-12H2. The van der Waals surface area contributed by atoms with Gasteiger partial charge < -0.3 is 14.2 Å². The van der Waals surface area contributed by atoms with E-state index >= 15 is 0 Å². The van der Waals surface area contributed by atoms with Gasteiger partial charge in [-0.1, -0.05) is 0 Å². The largest absolute Gasteiger partial charge is 0.418 e. The highest BCUT2D eigenvalue weighted by atomic mass is 32.2. The highest BCUT2D eigenvalue weighted by molar-refractivity contribution is 8.13. The van der Waals surface area contributed by atoms with E-state index in [1.54, 1.807) is 0 Å². The summed E-state index contributed by atoms with van der Waals surface area (Å²) in [5, 5.41) is 20.0. The lowest BCUT2D eigenvalue weighted by Gasteiger charge is -2.05. The van der Waals surface area contributed by atoms with Crippen molar-refractivity contribution in [2.75, 3.05) is 24.7 Å². The van der Waals surface area contributed by atoms with Crippen LogP contribution in [0.15, 0.2) is 48.5 Å². The molecule has 0 aliphatic rings. The number of nitrogens with zero attached hydrogens (tertiary/aromatic N) is 2. The minimum Gasteiger partial charge on any atom is -0.418 e. The number of thioether (sulfide) groups is 2. The molecule has 0 aliphatic carbocycles. The van der Waals surface area contributed by atoms with Gasteiger partial charge >= 0.3 is 10.6 Å². The van der Waals surface area contributed by atoms with E-state index in [1.807, 2.05) is 0 Å². The van der Waals surface area contributed by atoms with Gasteiger partial charge in [0.25, 0.3) is 11.4 Å². The van der Waals surface area contributed by atoms with Gasteiger partial charge in [0.15, 0.2) is 0 Å². The minimum absolute atomic E-state index is 0.102. The van der Waals surface area contributed by atoms with Crippen molar-refractivity contribution < 1.29 is 33.6 Å². The Labute approximate surface area is 184 Å². The van der Waals surface area contributed by atoms with Crippen LogP contribution in [0, 0.1) is 20.2 Å². The minimum atomic E-state index is -0.571. The van der Waals surface area contributed by atoms with Crippen LogP contribution in [-0.2, 0) is 4.74 Å². The van der Waals surface area contributed by atoms with E-state index in [2.05, 4.69) is 0 Å². The summed E-state index contributed by atoms with van der Waals surface area (Å²) in [5.41, 5.74) is -0.203. The highest BCUT2D eigenvalue weighted by Gasteiger charge is 2.10. The summed E-state index contributed by atoms with van der Waals surface area (Å²) >= 11 is 1.77. The van der Waals surface area contributed by atoms with Gasteiger partial charge in [-0.15, -0.1) is 0 Å². The number of non-ortho nitro benzene ring substituents is 2. The number of carbonyl (C=O) groups is 2. The number of ether oxygens (including phenoxy) is 3. The molecule has 0 saturated carbocycles. The quantitative estimate of drug-likeness (QED) is 0.207. The van der Waals surface area contributed by atoms with Crippen molar-refractivity contribution in [2.45, 2.75) is 0 Å². The van der Waals surface area contributed by atoms with E-state index in [-0.39, 0.29) is 36.1 Å². The van der Waals surface area contributed by atoms with Crippen molar-refractivity contribution in [3.05, 3.63) is 68.8 Å². The second-order valence-corrected chi connectivity index (χ2v) is 7.58. The molecule has 0 unspecified atom stereocenters. The molecule has 0 fully saturated rings. The molecule has 13 heteroatoms. The Morgan fingerprint density at radius 1 is 0.710 bits per heavy atom. The first-order valence-corrected chi connectivity index (χ1v) is 10.6. The lowest BCUT2D eigenvalue weighted by molar-refractivity contribution is -0.385. The second-order valence-electron chi connectivity index (χ2n) is 5.52. The molecule has 0 aliphatic heterocycles. The molecular weight excluding hydrogens is 452 g/mol. The van der Waals surface area contributed by atoms with Crippen LogP contribution >= 0.6 is 23.5 Å². The number of rotatable bonds is 10. The predicted octanol–water partition coefficient (Wildman–Crippen LogP) is 4.68. The lowest BCUT2D eigenvalue weighted by atomic mass is 10.3. The fourth-order valence-electron chi connectivity index (χ4n) is 1.99. The first-order valence-electron chi connectivity index (χ1n) is 8.61. The Kier molecular flexibility index (Phi) is 9.74. The molecule has 0 radical (unpaired) electrons. The van der Waals surface area contributed by atoms with Gasteiger partial charge in [0, 0.05) is 35.8 Å². The van der Waals surface area contributed by atoms with Crippen molar-refractivity contribution in [3.63, 3.8) is 0 Å². The van der Waals surface area contributed by atoms with Crippen molar-refractivity contribution in [1.82, 2.24) is 0 Å². The third-order valence-electron chi connectivity index (χ3n) is 3.39. The molecule has 0 saturated heterocycles. The van der Waals surface area contributed by atoms with E-state index in [9.17, 15) is 29.8 Å². The zero-order chi connectivity index (χ0) is 22.6. The highest BCUT2D eigenvalue weighted by Crippen LogP contribution is 2.20. The molecule has 2 rings (SSSR count). The van der Waals surface area contributed by atoms with Gasteiger partial charge in [-0.05, 0) is 47.8 Å². The summed E-state index contributed by atoms with van der Waals surface area (Å²) in [6.07, 6.45) is 0. The molecule has 31 heavy (non-hydrogen) atoms. The topological polar surface area (TPSA) is 148 Å². The second kappa shape index (κ2) is 12.5. The number of carbonyl (C=O) groups excluding carboxylic acids is 2. The molecule has 0 bridgehead atoms. The van der Waals surface area contributed by atoms with Crippen LogP contribution in [0.3, 0.4) is 0 Å². The van der Waals surface area contributed by atoms with Gasteiger partial charge in [0.2, 0.25) is 0 Å². The Morgan fingerprint density at radius 3 is 1.39 bits per heavy atom. The first-order chi connectivity index (χ1) is 14.8. The Morgan fingerprint density at radius 2 is 1.06 bits per heavy atom. The van der Waals surface area contributed by atoms with Crippen molar-refractivity contribution in [2.24, 2.45) is 0 Å². The summed E-state index contributed by atoms with van der Waals surface area (Å²) in [5.74, 6) is 1.05. The fourth-order valence-corrected chi connectivity index (χ4v) is 3.04. The normalized spacial score (nSPS) is 10.3. The van der Waals surface area contributed by atoms with Crippen LogP contribution in [0.5, 0.6) is 11.5 Å². The Hall–Kier alpha value is -3.16. The molecule has 0 amide bonds. The number of benzene rings is 2. The number of nitro benzene ring substituents is 2. The summed E-state index contributed by atoms with van der Waals surface area (Å²) < 4.78 is 15.4. The monoisotopic (exact) mass is 468 g/mol. The maximum atomic E-state index is 11.7. The summed E-state index contributed by atoms with van der Waals surface area (Å²) in [7, 11) is 0. The molecular formula is C18H16N2O9S2. The number of hydrogen-bond donors (Lipinski definition) is 0. The lowest BCUT2D eigenvalue weighted by Crippen LogP contribution is -2.08. The van der Waals surface area contributed by atoms with Crippen LogP contribution in [0.4, 0.5) is 21.0 Å². The van der Waals surface area contributed by atoms with Gasteiger partial charge in [-0.2, -0.15) is 0 Å². The van der Waals surface area contributed by atoms with E-state index in [0.29, 0.717) is 11.5 Å². The van der Waals surface area contributed by atoms with Gasteiger partial charge in [0.05, 0.1) is 23.1 Å². The number of nitro groups is 2. The molecule has 0 N–H and O–H groups in total. The average molecular weight is 468 g/mol. The van der Waals surface area contributed by atoms with Crippen LogP contribution in [0.1, 0.15) is 0 Å². The molecule has 0 spiro atoms. The van der Waals surface area contributed by atoms with Crippen molar-refractivity contribution >= 4 is 45.5 Å². The summed E-state index contributed by atoms with van der Waals surface area (Å²) in [4.78, 5) is 43.4. The van der Waals surface area contributed by atoms with Crippen molar-refractivity contribution in [1.29, 1.82) is 0 Å². The predicted molar refractivity (Wildman–Crippen MR) is 114 cm³/mol. The molecule has 2 aromatic carbocycles. The molecule has 11 nitrogen and oxygen atoms in total. The Bertz CT molecular complexity index is 845. The third-order valence-corrected chi connectivity index (χ3v) is 4.77. The van der Waals surface area contributed by atoms with Crippen LogP contribution < -0.4 is 9.47 Å². The number of hydrogen-bond acceptors (Lipinski definition) is 11. The van der Waals surface area contributed by atoms with E-state index in [4.69, 9.17) is 14.2 Å². The maximum Gasteiger partial charge on any atom is 0.372 e. The fraction of sp³-hybridized carbons (Fsp3) is 0.222. The summed E-state index contributed by atoms with van der Waals surface area (Å²) in [6.45, 7) is 0.496. The SMILES string of the molecule is O=C(Oc1ccc([N+](=O)[O-])cc1)SCCOCCSC(=O)Oc1ccc([N+](=O)[O-])cc1. The zero-order valence-corrected chi connectivity index (χ0v) is 17.5. The van der Waals surface area contributed by atoms with E-state index < -0.39 is 20.4 Å². The maximum absolute atomic E-state index is 11.7. The van der Waals surface area contributed by atoms with Crippen LogP contribution in [0.25, 0.3) is 0 Å². The smallest absolute Gasteiger partial charge is 0.372 e. The zero-order valence-electron chi connectivity index (χ0n) is 15.8. The van der Waals surface area contributed by atoms with E-state index in [0.717, 1.165) is 23.5 Å². The molecule has 2 aromatic rings. The molecule has 164 valence electrons. The van der Waals surface area contributed by atoms with E-state index in [1.165, 1.54) is 48.5 Å². The van der Waals surface area contributed by atoms with Gasteiger partial charge in [-0.3, -0.25) is 20.2 Å².